The number of hydrogen-bond donors (Lipinski definition) is 0. The summed E-state index contributed by atoms with van der Waals surface area (Å²) in [6, 6.07) is 12.5. The Morgan fingerprint density at radius 3 is 2.90 bits per heavy atom. The Morgan fingerprint density at radius 2 is 2.14 bits per heavy atom. The van der Waals surface area contributed by atoms with E-state index in [1.807, 2.05) is 12.1 Å². The number of nitro benzene ring substituents is 1. The average Bonchev–Trinajstić information content (AvgIpc) is 2.89. The van der Waals surface area contributed by atoms with E-state index in [1.54, 1.807) is 11.8 Å². The lowest BCUT2D eigenvalue weighted by molar-refractivity contribution is -0.384. The molecule has 21 heavy (non-hydrogen) atoms. The fourth-order valence-corrected chi connectivity index (χ4v) is 3.64. The monoisotopic (exact) mass is 321 g/mol. The summed E-state index contributed by atoms with van der Waals surface area (Å²) in [5.41, 5.74) is 1.30. The van der Waals surface area contributed by atoms with Crippen LogP contribution < -0.4 is 4.74 Å². The van der Waals surface area contributed by atoms with Crippen LogP contribution in [0.25, 0.3) is 0 Å². The van der Waals surface area contributed by atoms with Crippen molar-refractivity contribution in [2.75, 3.05) is 6.61 Å². The van der Waals surface area contributed by atoms with Crippen molar-refractivity contribution < 1.29 is 9.66 Å². The van der Waals surface area contributed by atoms with Gasteiger partial charge in [0.1, 0.15) is 12.4 Å². The van der Waals surface area contributed by atoms with E-state index in [0.29, 0.717) is 22.6 Å². The topological polar surface area (TPSA) is 52.4 Å². The zero-order chi connectivity index (χ0) is 14.8. The zero-order valence-corrected chi connectivity index (χ0v) is 12.6. The molecule has 1 aliphatic heterocycles. The molecule has 0 saturated carbocycles. The quantitative estimate of drug-likeness (QED) is 0.620. The third kappa shape index (κ3) is 3.14. The van der Waals surface area contributed by atoms with E-state index in [0.717, 1.165) is 6.42 Å². The lowest BCUT2D eigenvalue weighted by Crippen LogP contribution is -2.13. The summed E-state index contributed by atoms with van der Waals surface area (Å²) >= 11 is 7.79. The molecule has 0 spiro atoms. The highest BCUT2D eigenvalue weighted by Crippen LogP contribution is 2.37. The summed E-state index contributed by atoms with van der Waals surface area (Å²) in [5, 5.41) is 11.5. The minimum Gasteiger partial charge on any atom is -0.491 e. The molecule has 0 radical (unpaired) electrons. The molecule has 0 aliphatic carbocycles. The van der Waals surface area contributed by atoms with Gasteiger partial charge >= 0.3 is 0 Å². The summed E-state index contributed by atoms with van der Waals surface area (Å²) in [6.45, 7) is 0.472. The maximum absolute atomic E-state index is 10.8. The standard InChI is InChI=1S/C15H12ClNO3S/c16-13-6-5-11(17(18)19)8-14(13)20-9-12-7-10-3-1-2-4-15(10)21-12/h1-6,8,12H,7,9H2. The maximum atomic E-state index is 10.8. The van der Waals surface area contributed by atoms with Crippen LogP contribution in [0.3, 0.4) is 0 Å². The summed E-state index contributed by atoms with van der Waals surface area (Å²) in [7, 11) is 0. The van der Waals surface area contributed by atoms with Gasteiger partial charge in [0, 0.05) is 16.2 Å². The fraction of sp³-hybridized carbons (Fsp3) is 0.200. The largest absolute Gasteiger partial charge is 0.491 e. The van der Waals surface area contributed by atoms with Gasteiger partial charge < -0.3 is 4.74 Å². The lowest BCUT2D eigenvalue weighted by Gasteiger charge is -2.12. The Bertz CT molecular complexity index is 667. The molecule has 108 valence electrons. The number of ether oxygens (including phenoxy) is 1. The highest BCUT2D eigenvalue weighted by Gasteiger charge is 2.23. The number of fused-ring (bicyclic) bond motifs is 1. The summed E-state index contributed by atoms with van der Waals surface area (Å²) in [6.07, 6.45) is 0.938. The van der Waals surface area contributed by atoms with Crippen LogP contribution in [0.2, 0.25) is 5.02 Å². The van der Waals surface area contributed by atoms with E-state index < -0.39 is 4.92 Å². The Balaban J connectivity index is 1.67. The van der Waals surface area contributed by atoms with E-state index in [-0.39, 0.29) is 5.69 Å². The molecule has 1 unspecified atom stereocenters. The van der Waals surface area contributed by atoms with Crippen molar-refractivity contribution in [3.63, 3.8) is 0 Å². The number of rotatable bonds is 4. The van der Waals surface area contributed by atoms with Crippen molar-refractivity contribution >= 4 is 29.1 Å². The number of hydrogen-bond acceptors (Lipinski definition) is 4. The van der Waals surface area contributed by atoms with Crippen molar-refractivity contribution in [3.05, 3.63) is 63.2 Å². The molecular weight excluding hydrogens is 310 g/mol. The number of thioether (sulfide) groups is 1. The minimum absolute atomic E-state index is 0.0169. The zero-order valence-electron chi connectivity index (χ0n) is 11.0. The molecule has 0 aromatic heterocycles. The normalized spacial score (nSPS) is 16.5. The van der Waals surface area contributed by atoms with Gasteiger partial charge in [0.15, 0.2) is 0 Å². The van der Waals surface area contributed by atoms with Crippen LogP contribution in [0.15, 0.2) is 47.4 Å². The molecule has 2 aromatic carbocycles. The summed E-state index contributed by atoms with van der Waals surface area (Å²) in [5.74, 6) is 0.363. The molecule has 4 nitrogen and oxygen atoms in total. The molecule has 0 N–H and O–H groups in total. The number of non-ortho nitro benzene ring substituents is 1. The van der Waals surface area contributed by atoms with Crippen molar-refractivity contribution in [2.24, 2.45) is 0 Å². The third-order valence-electron chi connectivity index (χ3n) is 3.26. The van der Waals surface area contributed by atoms with Gasteiger partial charge in [-0.3, -0.25) is 10.1 Å². The summed E-state index contributed by atoms with van der Waals surface area (Å²) in [4.78, 5) is 11.6. The number of benzene rings is 2. The van der Waals surface area contributed by atoms with Crippen LogP contribution >= 0.6 is 23.4 Å². The van der Waals surface area contributed by atoms with Gasteiger partial charge in [-0.05, 0) is 24.1 Å². The first kappa shape index (κ1) is 14.2. The Hall–Kier alpha value is -1.72. The molecule has 0 bridgehead atoms. The second-order valence-electron chi connectivity index (χ2n) is 4.73. The first-order valence-corrected chi connectivity index (χ1v) is 7.70. The van der Waals surface area contributed by atoms with Gasteiger partial charge in [0.25, 0.3) is 5.69 Å². The van der Waals surface area contributed by atoms with Gasteiger partial charge in [-0.2, -0.15) is 0 Å². The first-order chi connectivity index (χ1) is 10.1. The first-order valence-electron chi connectivity index (χ1n) is 6.45. The molecule has 0 saturated heterocycles. The van der Waals surface area contributed by atoms with Crippen molar-refractivity contribution in [3.8, 4) is 5.75 Å². The van der Waals surface area contributed by atoms with Crippen LogP contribution in [0.1, 0.15) is 5.56 Å². The van der Waals surface area contributed by atoms with E-state index in [9.17, 15) is 10.1 Å². The van der Waals surface area contributed by atoms with Gasteiger partial charge in [0.05, 0.1) is 16.0 Å². The van der Waals surface area contributed by atoms with Gasteiger partial charge in [-0.25, -0.2) is 0 Å². The van der Waals surface area contributed by atoms with E-state index in [2.05, 4.69) is 12.1 Å². The SMILES string of the molecule is O=[N+]([O-])c1ccc(Cl)c(OCC2Cc3ccccc3S2)c1. The van der Waals surface area contributed by atoms with E-state index in [4.69, 9.17) is 16.3 Å². The Morgan fingerprint density at radius 1 is 1.33 bits per heavy atom. The lowest BCUT2D eigenvalue weighted by atomic mass is 10.1. The number of halogens is 1. The molecule has 0 amide bonds. The molecule has 2 aromatic rings. The van der Waals surface area contributed by atoms with E-state index in [1.165, 1.54) is 28.7 Å². The molecule has 6 heteroatoms. The highest BCUT2D eigenvalue weighted by atomic mass is 35.5. The van der Waals surface area contributed by atoms with Crippen molar-refractivity contribution in [1.29, 1.82) is 0 Å². The Labute approximate surface area is 131 Å². The Kier molecular flexibility index (Phi) is 4.03. The minimum atomic E-state index is -0.455. The van der Waals surface area contributed by atoms with Crippen LogP contribution in [0.5, 0.6) is 5.75 Å². The molecule has 1 aliphatic rings. The number of nitrogens with zero attached hydrogens (tertiary/aromatic N) is 1. The second kappa shape index (κ2) is 5.95. The van der Waals surface area contributed by atoms with Crippen molar-refractivity contribution in [1.82, 2.24) is 0 Å². The van der Waals surface area contributed by atoms with Crippen molar-refractivity contribution in [2.45, 2.75) is 16.6 Å². The predicted molar refractivity (Wildman–Crippen MR) is 83.4 cm³/mol. The van der Waals surface area contributed by atoms with Crippen LogP contribution in [-0.4, -0.2) is 16.8 Å². The van der Waals surface area contributed by atoms with Crippen LogP contribution in [-0.2, 0) is 6.42 Å². The smallest absolute Gasteiger partial charge is 0.273 e. The molecule has 0 fully saturated rings. The molecule has 1 atom stereocenters. The second-order valence-corrected chi connectivity index (χ2v) is 6.48. The maximum Gasteiger partial charge on any atom is 0.273 e. The van der Waals surface area contributed by atoms with Gasteiger partial charge in [0.2, 0.25) is 0 Å². The molecule has 3 rings (SSSR count). The fourth-order valence-electron chi connectivity index (χ4n) is 2.25. The van der Waals surface area contributed by atoms with E-state index >= 15 is 0 Å². The highest BCUT2D eigenvalue weighted by molar-refractivity contribution is 8.00. The molecule has 1 heterocycles. The summed E-state index contributed by atoms with van der Waals surface area (Å²) < 4.78 is 5.69. The van der Waals surface area contributed by atoms with Crippen LogP contribution in [0, 0.1) is 10.1 Å². The average molecular weight is 322 g/mol. The number of nitro groups is 1. The predicted octanol–water partition coefficient (Wildman–Crippen LogP) is 4.34. The van der Waals surface area contributed by atoms with Gasteiger partial charge in [-0.1, -0.05) is 29.8 Å². The molecular formula is C15H12ClNO3S. The van der Waals surface area contributed by atoms with Crippen LogP contribution in [0.4, 0.5) is 5.69 Å². The third-order valence-corrected chi connectivity index (χ3v) is 4.86. The van der Waals surface area contributed by atoms with Gasteiger partial charge in [-0.15, -0.1) is 11.8 Å².